The van der Waals surface area contributed by atoms with Crippen molar-refractivity contribution in [3.05, 3.63) is 42.0 Å². The summed E-state index contributed by atoms with van der Waals surface area (Å²) in [5.74, 6) is -0.547. The quantitative estimate of drug-likeness (QED) is 0.728. The number of benzene rings is 1. The van der Waals surface area contributed by atoms with E-state index in [4.69, 9.17) is 4.43 Å². The van der Waals surface area contributed by atoms with Crippen molar-refractivity contribution in [1.29, 1.82) is 0 Å². The number of aliphatic hydroxyl groups is 1. The molecule has 3 atom stereocenters. The van der Waals surface area contributed by atoms with Gasteiger partial charge in [-0.2, -0.15) is 0 Å². The topological polar surface area (TPSA) is 46.5 Å². The Morgan fingerprint density at radius 3 is 2.21 bits per heavy atom. The number of carbonyl (C=O) groups is 1. The Hall–Kier alpha value is -1.23. The number of ketones is 1. The summed E-state index contributed by atoms with van der Waals surface area (Å²) >= 11 is 0. The van der Waals surface area contributed by atoms with Crippen molar-refractivity contribution in [3.63, 3.8) is 0 Å². The normalized spacial score (nSPS) is 16.8. The third-order valence-electron chi connectivity index (χ3n) is 4.92. The highest BCUT2D eigenvalue weighted by Gasteiger charge is 2.40. The van der Waals surface area contributed by atoms with Gasteiger partial charge in [-0.3, -0.25) is 4.79 Å². The first-order chi connectivity index (χ1) is 11.0. The molecule has 0 heterocycles. The predicted octanol–water partition coefficient (Wildman–Crippen LogP) is 4.68. The lowest BCUT2D eigenvalue weighted by Crippen LogP contribution is -2.46. The second-order valence-corrected chi connectivity index (χ2v) is 12.7. The number of hydrogen-bond donors (Lipinski definition) is 1. The molecule has 0 spiro atoms. The third-order valence-corrected chi connectivity index (χ3v) is 9.48. The first-order valence-corrected chi connectivity index (χ1v) is 11.5. The van der Waals surface area contributed by atoms with Crippen LogP contribution in [0.5, 0.6) is 0 Å². The second-order valence-electron chi connectivity index (χ2n) is 7.97. The third kappa shape index (κ3) is 5.69. The summed E-state index contributed by atoms with van der Waals surface area (Å²) in [6.07, 6.45) is 2.20. The molecule has 0 saturated carbocycles. The number of carbonyl (C=O) groups excluding carboxylic acids is 1. The summed E-state index contributed by atoms with van der Waals surface area (Å²) in [5.41, 5.74) is 1.00. The molecular formula is C20H32O3Si. The van der Waals surface area contributed by atoms with Gasteiger partial charge in [0, 0.05) is 5.92 Å². The average Bonchev–Trinajstić information content (AvgIpc) is 2.50. The minimum atomic E-state index is -2.00. The van der Waals surface area contributed by atoms with E-state index in [9.17, 15) is 9.90 Å². The largest absolute Gasteiger partial charge is 0.407 e. The Morgan fingerprint density at radius 1 is 1.17 bits per heavy atom. The van der Waals surface area contributed by atoms with E-state index < -0.39 is 26.4 Å². The molecule has 1 aromatic rings. The highest BCUT2D eigenvalue weighted by atomic mass is 28.4. The van der Waals surface area contributed by atoms with E-state index in [0.29, 0.717) is 0 Å². The Balaban J connectivity index is 2.70. The van der Waals surface area contributed by atoms with Gasteiger partial charge in [0.1, 0.15) is 6.10 Å². The van der Waals surface area contributed by atoms with Gasteiger partial charge in [-0.25, -0.2) is 0 Å². The van der Waals surface area contributed by atoms with Crippen molar-refractivity contribution in [3.8, 4) is 0 Å². The second kappa shape index (κ2) is 8.23. The zero-order valence-electron chi connectivity index (χ0n) is 16.0. The molecule has 3 nitrogen and oxygen atoms in total. The predicted molar refractivity (Wildman–Crippen MR) is 103 cm³/mol. The van der Waals surface area contributed by atoms with Gasteiger partial charge >= 0.3 is 0 Å². The van der Waals surface area contributed by atoms with Crippen LogP contribution in [0.3, 0.4) is 0 Å². The number of aliphatic hydroxyl groups excluding tert-OH is 1. The molecule has 0 aliphatic rings. The van der Waals surface area contributed by atoms with Gasteiger partial charge in [-0.1, -0.05) is 70.2 Å². The summed E-state index contributed by atoms with van der Waals surface area (Å²) in [4.78, 5) is 12.6. The van der Waals surface area contributed by atoms with E-state index in [-0.39, 0.29) is 10.8 Å². The van der Waals surface area contributed by atoms with E-state index in [1.165, 1.54) is 0 Å². The Labute approximate surface area is 147 Å². The number of hydrogen-bond acceptors (Lipinski definition) is 3. The lowest BCUT2D eigenvalue weighted by Gasteiger charge is -2.38. The fourth-order valence-electron chi connectivity index (χ4n) is 2.16. The Bertz CT molecular complexity index is 558. The van der Waals surface area contributed by atoms with Gasteiger partial charge in [-0.05, 0) is 30.6 Å². The molecule has 1 aromatic carbocycles. The van der Waals surface area contributed by atoms with Crippen molar-refractivity contribution in [2.24, 2.45) is 5.92 Å². The first kappa shape index (κ1) is 20.8. The fraction of sp³-hybridized carbons (Fsp3) is 0.550. The van der Waals surface area contributed by atoms with E-state index in [0.717, 1.165) is 5.56 Å². The molecule has 24 heavy (non-hydrogen) atoms. The van der Waals surface area contributed by atoms with Crippen molar-refractivity contribution in [2.45, 2.75) is 65.0 Å². The van der Waals surface area contributed by atoms with Crippen LogP contribution in [0.1, 0.15) is 40.2 Å². The summed E-state index contributed by atoms with van der Waals surface area (Å²) in [5, 5.41) is 10.4. The molecule has 0 unspecified atom stereocenters. The van der Waals surface area contributed by atoms with E-state index >= 15 is 0 Å². The van der Waals surface area contributed by atoms with Crippen molar-refractivity contribution in [1.82, 2.24) is 0 Å². The van der Waals surface area contributed by atoms with Crippen LogP contribution in [0.4, 0.5) is 0 Å². The fourth-order valence-corrected chi connectivity index (χ4v) is 3.51. The van der Waals surface area contributed by atoms with Gasteiger partial charge < -0.3 is 9.53 Å². The maximum absolute atomic E-state index is 12.6. The summed E-state index contributed by atoms with van der Waals surface area (Å²) in [6, 6.07) is 9.74. The van der Waals surface area contributed by atoms with Crippen LogP contribution in [-0.2, 0) is 9.22 Å². The van der Waals surface area contributed by atoms with Crippen LogP contribution in [0, 0.1) is 5.92 Å². The molecule has 1 N–H and O–H groups in total. The zero-order valence-corrected chi connectivity index (χ0v) is 17.0. The zero-order chi connectivity index (χ0) is 18.5. The maximum Gasteiger partial charge on any atom is 0.193 e. The van der Waals surface area contributed by atoms with Crippen LogP contribution in [0.15, 0.2) is 36.4 Å². The lowest BCUT2D eigenvalue weighted by molar-refractivity contribution is -0.131. The van der Waals surface area contributed by atoms with Gasteiger partial charge in [0.2, 0.25) is 0 Å². The van der Waals surface area contributed by atoms with E-state index in [1.807, 2.05) is 36.4 Å². The minimum absolute atomic E-state index is 0.0509. The molecule has 0 bridgehead atoms. The monoisotopic (exact) mass is 348 g/mol. The first-order valence-electron chi connectivity index (χ1n) is 8.58. The van der Waals surface area contributed by atoms with Crippen LogP contribution in [0.25, 0.3) is 6.08 Å². The smallest absolute Gasteiger partial charge is 0.193 e. The van der Waals surface area contributed by atoms with E-state index in [2.05, 4.69) is 33.9 Å². The van der Waals surface area contributed by atoms with Crippen molar-refractivity contribution >= 4 is 20.2 Å². The summed E-state index contributed by atoms with van der Waals surface area (Å²) in [7, 11) is -2.00. The van der Waals surface area contributed by atoms with E-state index in [1.54, 1.807) is 19.9 Å². The maximum atomic E-state index is 12.6. The minimum Gasteiger partial charge on any atom is -0.407 e. The molecule has 0 saturated heterocycles. The van der Waals surface area contributed by atoms with Crippen molar-refractivity contribution < 1.29 is 14.3 Å². The average molecular weight is 349 g/mol. The van der Waals surface area contributed by atoms with Crippen molar-refractivity contribution in [2.75, 3.05) is 0 Å². The van der Waals surface area contributed by atoms with Crippen LogP contribution in [0.2, 0.25) is 18.1 Å². The standard InChI is InChI=1S/C20H32O3Si/c1-15(18(21)14-13-17-11-9-8-10-12-17)19(22)16(2)23-24(6,7)20(3,4)5/h8-16,18,21H,1-7H3/b14-13+/t15-,16+,18+/m0/s1. The highest BCUT2D eigenvalue weighted by molar-refractivity contribution is 6.74. The summed E-state index contributed by atoms with van der Waals surface area (Å²) in [6.45, 7) is 14.3. The molecule has 1 rings (SSSR count). The SMILES string of the molecule is C[C@H](C(=O)[C@@H](C)O[Si](C)(C)C(C)(C)C)[C@H](O)/C=C/c1ccccc1. The molecule has 0 aliphatic heterocycles. The Morgan fingerprint density at radius 2 is 1.71 bits per heavy atom. The van der Waals surface area contributed by atoms with Crippen LogP contribution < -0.4 is 0 Å². The highest BCUT2D eigenvalue weighted by Crippen LogP contribution is 2.37. The molecule has 0 aliphatic carbocycles. The number of Topliss-reactive ketones (excluding diaryl/α,β-unsaturated/α-hetero) is 1. The molecule has 0 amide bonds. The lowest BCUT2D eigenvalue weighted by atomic mass is 9.96. The molecule has 0 radical (unpaired) electrons. The summed E-state index contributed by atoms with van der Waals surface area (Å²) < 4.78 is 6.15. The Kier molecular flexibility index (Phi) is 7.14. The van der Waals surface area contributed by atoms with Gasteiger partial charge in [0.15, 0.2) is 14.1 Å². The van der Waals surface area contributed by atoms with Crippen LogP contribution in [-0.4, -0.2) is 31.4 Å². The van der Waals surface area contributed by atoms with Crippen LogP contribution >= 0.6 is 0 Å². The van der Waals surface area contributed by atoms with Gasteiger partial charge in [-0.15, -0.1) is 0 Å². The van der Waals surface area contributed by atoms with Gasteiger partial charge in [0.05, 0.1) is 6.10 Å². The van der Waals surface area contributed by atoms with Gasteiger partial charge in [0.25, 0.3) is 0 Å². The molecule has 4 heteroatoms. The molecule has 0 fully saturated rings. The molecule has 0 aromatic heterocycles. The number of rotatable bonds is 7. The molecular weight excluding hydrogens is 316 g/mol. The molecule has 134 valence electrons.